The van der Waals surface area contributed by atoms with Gasteiger partial charge in [-0.2, -0.15) is 4.98 Å². The predicted molar refractivity (Wildman–Crippen MR) is 110 cm³/mol. The molecule has 0 unspecified atom stereocenters. The molecule has 0 fully saturated rings. The van der Waals surface area contributed by atoms with E-state index in [1.165, 1.54) is 25.4 Å². The summed E-state index contributed by atoms with van der Waals surface area (Å²) in [5.41, 5.74) is 2.39. The minimum Gasteiger partial charge on any atom is -0.490 e. The first-order valence-corrected chi connectivity index (χ1v) is 9.18. The summed E-state index contributed by atoms with van der Waals surface area (Å²) in [6.07, 6.45) is 1.52. The molecule has 0 radical (unpaired) electrons. The van der Waals surface area contributed by atoms with Crippen LogP contribution in [0.25, 0.3) is 0 Å². The van der Waals surface area contributed by atoms with Gasteiger partial charge in [-0.05, 0) is 54.8 Å². The largest absolute Gasteiger partial charge is 0.490 e. The Labute approximate surface area is 171 Å². The van der Waals surface area contributed by atoms with Crippen LogP contribution in [0.5, 0.6) is 5.75 Å². The van der Waals surface area contributed by atoms with Crippen LogP contribution >= 0.6 is 23.2 Å². The zero-order valence-corrected chi connectivity index (χ0v) is 17.0. The minimum atomic E-state index is -0.519. The van der Waals surface area contributed by atoms with Crippen LogP contribution in [0.1, 0.15) is 16.7 Å². The number of nitrogens with one attached hydrogen (secondary N) is 1. The lowest BCUT2D eigenvalue weighted by atomic mass is 10.1. The zero-order chi connectivity index (χ0) is 20.4. The van der Waals surface area contributed by atoms with E-state index in [1.807, 2.05) is 13.0 Å². The molecule has 0 aliphatic rings. The van der Waals surface area contributed by atoms with Gasteiger partial charge in [-0.1, -0.05) is 29.3 Å². The molecule has 0 atom stereocenters. The fourth-order valence-corrected chi connectivity index (χ4v) is 3.14. The number of hydrogen-bond donors (Lipinski definition) is 1. The molecule has 146 valence electrons. The average molecular weight is 422 g/mol. The third-order valence-corrected chi connectivity index (χ3v) is 5.26. The van der Waals surface area contributed by atoms with E-state index in [4.69, 9.17) is 27.9 Å². The Hall–Kier alpha value is -2.57. The first-order chi connectivity index (χ1) is 13.3. The highest BCUT2D eigenvalue weighted by Crippen LogP contribution is 2.27. The lowest BCUT2D eigenvalue weighted by molar-refractivity contribution is 0.402. The van der Waals surface area contributed by atoms with Gasteiger partial charge >= 0.3 is 5.56 Å². The van der Waals surface area contributed by atoms with Crippen molar-refractivity contribution in [2.24, 2.45) is 0 Å². The smallest absolute Gasteiger partial charge is 0.316 e. The van der Waals surface area contributed by atoms with E-state index in [0.717, 1.165) is 11.1 Å². The van der Waals surface area contributed by atoms with Crippen LogP contribution in [0.3, 0.4) is 0 Å². The summed E-state index contributed by atoms with van der Waals surface area (Å²) in [6, 6.07) is 8.06. The van der Waals surface area contributed by atoms with Crippen LogP contribution in [0.4, 0.5) is 16.0 Å². The first kappa shape index (κ1) is 20.2. The van der Waals surface area contributed by atoms with Gasteiger partial charge in [-0.25, -0.2) is 4.39 Å². The standard InChI is InChI=1S/C20H18Cl2FN3O2/c1-11-13(7-14(23)8-16(11)22)9-26-10-18(28-3)19(27)25-20(26)24-17-6-4-5-15(21)12(17)2/h4-8,10H,9H2,1-3H3,(H,24,25,27). The highest BCUT2D eigenvalue weighted by molar-refractivity contribution is 6.31. The quantitative estimate of drug-likeness (QED) is 0.621. The summed E-state index contributed by atoms with van der Waals surface area (Å²) in [5.74, 6) is -0.0868. The van der Waals surface area contributed by atoms with Crippen LogP contribution < -0.4 is 15.6 Å². The number of benzene rings is 2. The molecule has 0 spiro atoms. The topological polar surface area (TPSA) is 56.1 Å². The van der Waals surface area contributed by atoms with Crippen LogP contribution in [0.15, 0.2) is 41.3 Å². The van der Waals surface area contributed by atoms with E-state index >= 15 is 0 Å². The third kappa shape index (κ3) is 4.13. The molecular weight excluding hydrogens is 404 g/mol. The Bertz CT molecular complexity index is 1100. The van der Waals surface area contributed by atoms with Crippen molar-refractivity contribution in [3.8, 4) is 5.75 Å². The average Bonchev–Trinajstić information content (AvgIpc) is 2.65. The number of nitrogens with zero attached hydrogens (tertiary/aromatic N) is 2. The minimum absolute atomic E-state index is 0.0773. The number of rotatable bonds is 5. The Balaban J connectivity index is 2.09. The van der Waals surface area contributed by atoms with E-state index in [-0.39, 0.29) is 18.2 Å². The highest BCUT2D eigenvalue weighted by Gasteiger charge is 2.14. The van der Waals surface area contributed by atoms with E-state index < -0.39 is 11.4 Å². The number of hydrogen-bond acceptors (Lipinski definition) is 4. The first-order valence-electron chi connectivity index (χ1n) is 8.42. The van der Waals surface area contributed by atoms with E-state index in [9.17, 15) is 9.18 Å². The summed E-state index contributed by atoms with van der Waals surface area (Å²) in [4.78, 5) is 16.3. The molecule has 1 aromatic heterocycles. The number of anilines is 2. The lowest BCUT2D eigenvalue weighted by Crippen LogP contribution is -2.19. The van der Waals surface area contributed by atoms with E-state index in [1.54, 1.807) is 23.6 Å². The Kier molecular flexibility index (Phi) is 5.91. The normalized spacial score (nSPS) is 10.8. The second-order valence-electron chi connectivity index (χ2n) is 6.28. The maximum Gasteiger partial charge on any atom is 0.316 e. The number of aromatic nitrogens is 2. The third-order valence-electron chi connectivity index (χ3n) is 4.45. The van der Waals surface area contributed by atoms with Crippen molar-refractivity contribution in [2.45, 2.75) is 20.4 Å². The fraction of sp³-hybridized carbons (Fsp3) is 0.200. The summed E-state index contributed by atoms with van der Waals surface area (Å²) in [7, 11) is 1.39. The van der Waals surface area contributed by atoms with Gasteiger partial charge in [0.1, 0.15) is 5.82 Å². The monoisotopic (exact) mass is 421 g/mol. The van der Waals surface area contributed by atoms with Crippen molar-refractivity contribution in [2.75, 3.05) is 12.4 Å². The molecule has 5 nitrogen and oxygen atoms in total. The van der Waals surface area contributed by atoms with Crippen molar-refractivity contribution in [1.82, 2.24) is 9.55 Å². The highest BCUT2D eigenvalue weighted by atomic mass is 35.5. The second kappa shape index (κ2) is 8.20. The van der Waals surface area contributed by atoms with Gasteiger partial charge in [0.15, 0.2) is 0 Å². The molecule has 0 aliphatic heterocycles. The number of halogens is 3. The van der Waals surface area contributed by atoms with Crippen LogP contribution in [0, 0.1) is 19.7 Å². The van der Waals surface area contributed by atoms with Gasteiger partial charge in [-0.3, -0.25) is 4.79 Å². The Morgan fingerprint density at radius 1 is 1.18 bits per heavy atom. The van der Waals surface area contributed by atoms with Crippen molar-refractivity contribution in [3.05, 3.63) is 79.4 Å². The van der Waals surface area contributed by atoms with Gasteiger partial charge < -0.3 is 14.6 Å². The maximum absolute atomic E-state index is 13.9. The second-order valence-corrected chi connectivity index (χ2v) is 7.09. The van der Waals surface area contributed by atoms with Crippen molar-refractivity contribution >= 4 is 34.8 Å². The van der Waals surface area contributed by atoms with Crippen molar-refractivity contribution in [3.63, 3.8) is 0 Å². The molecule has 28 heavy (non-hydrogen) atoms. The van der Waals surface area contributed by atoms with E-state index in [0.29, 0.717) is 21.3 Å². The Morgan fingerprint density at radius 2 is 1.93 bits per heavy atom. The molecule has 0 saturated heterocycles. The molecule has 0 aliphatic carbocycles. The molecule has 3 aromatic rings. The van der Waals surface area contributed by atoms with Crippen LogP contribution in [0.2, 0.25) is 10.0 Å². The van der Waals surface area contributed by atoms with Crippen molar-refractivity contribution < 1.29 is 9.13 Å². The van der Waals surface area contributed by atoms with Gasteiger partial charge in [0, 0.05) is 15.7 Å². The molecule has 0 amide bonds. The number of ether oxygens (including phenoxy) is 1. The molecule has 8 heteroatoms. The Morgan fingerprint density at radius 3 is 2.64 bits per heavy atom. The summed E-state index contributed by atoms with van der Waals surface area (Å²) in [5, 5.41) is 4.04. The van der Waals surface area contributed by atoms with Crippen LogP contribution in [-0.4, -0.2) is 16.7 Å². The predicted octanol–water partition coefficient (Wildman–Crippen LogP) is 5.11. The van der Waals surface area contributed by atoms with Gasteiger partial charge in [0.25, 0.3) is 0 Å². The van der Waals surface area contributed by atoms with E-state index in [2.05, 4.69) is 10.3 Å². The molecule has 1 heterocycles. The maximum atomic E-state index is 13.9. The zero-order valence-electron chi connectivity index (χ0n) is 15.5. The lowest BCUT2D eigenvalue weighted by Gasteiger charge is -2.18. The summed E-state index contributed by atoms with van der Waals surface area (Å²) < 4.78 is 20.6. The van der Waals surface area contributed by atoms with Gasteiger partial charge in [-0.15, -0.1) is 0 Å². The molecule has 3 rings (SSSR count). The molecule has 0 bridgehead atoms. The van der Waals surface area contributed by atoms with Gasteiger partial charge in [0.05, 0.1) is 19.9 Å². The summed E-state index contributed by atoms with van der Waals surface area (Å²) >= 11 is 12.3. The summed E-state index contributed by atoms with van der Waals surface area (Å²) in [6.45, 7) is 3.89. The van der Waals surface area contributed by atoms with Crippen LogP contribution in [-0.2, 0) is 6.54 Å². The fourth-order valence-electron chi connectivity index (χ4n) is 2.74. The SMILES string of the molecule is COc1cn(Cc2cc(F)cc(Cl)c2C)c(Nc2cccc(Cl)c2C)nc1=O. The molecular formula is C20H18Cl2FN3O2. The molecule has 0 saturated carbocycles. The molecule has 2 aromatic carbocycles. The number of methoxy groups -OCH3 is 1. The van der Waals surface area contributed by atoms with Gasteiger partial charge in [0.2, 0.25) is 11.7 Å². The van der Waals surface area contributed by atoms with Crippen molar-refractivity contribution in [1.29, 1.82) is 0 Å². The molecule has 1 N–H and O–H groups in total.